The van der Waals surface area contributed by atoms with Crippen LogP contribution in [-0.2, 0) is 30.5 Å². The average Bonchev–Trinajstić information content (AvgIpc) is 2.90. The Morgan fingerprint density at radius 3 is 2.41 bits per heavy atom. The Morgan fingerprint density at radius 2 is 1.77 bits per heavy atom. The monoisotopic (exact) mass is 546 g/mol. The van der Waals surface area contributed by atoms with E-state index < -0.39 is 60.2 Å². The molecular formula is C24H34N8O7. The fraction of sp³-hybridized carbons (Fsp3) is 0.458. The van der Waals surface area contributed by atoms with Crippen LogP contribution in [0.1, 0.15) is 42.1 Å². The topological polar surface area (TPSA) is 238 Å². The number of hydrogen-bond acceptors (Lipinski definition) is 7. The van der Waals surface area contributed by atoms with Crippen LogP contribution < -0.4 is 32.7 Å². The highest BCUT2D eigenvalue weighted by molar-refractivity contribution is 6.04. The maximum atomic E-state index is 13.3. The van der Waals surface area contributed by atoms with E-state index in [2.05, 4.69) is 26.3 Å². The molecule has 5 amide bonds. The maximum absolute atomic E-state index is 13.3. The molecule has 15 heteroatoms. The van der Waals surface area contributed by atoms with E-state index in [9.17, 15) is 33.9 Å². The number of carbonyl (C=O) groups is 6. The largest absolute Gasteiger partial charge is 0.479 e. The predicted molar refractivity (Wildman–Crippen MR) is 139 cm³/mol. The van der Waals surface area contributed by atoms with Crippen molar-refractivity contribution in [2.24, 2.45) is 16.5 Å². The Labute approximate surface area is 224 Å². The van der Waals surface area contributed by atoms with Gasteiger partial charge in [-0.05, 0) is 37.0 Å². The van der Waals surface area contributed by atoms with Crippen LogP contribution in [0.25, 0.3) is 0 Å². The molecule has 9 N–H and O–H groups in total. The van der Waals surface area contributed by atoms with Crippen molar-refractivity contribution < 1.29 is 33.9 Å². The third kappa shape index (κ3) is 8.98. The van der Waals surface area contributed by atoms with Gasteiger partial charge in [-0.2, -0.15) is 0 Å². The molecule has 1 aromatic carbocycles. The lowest BCUT2D eigenvalue weighted by molar-refractivity contribution is -0.146. The van der Waals surface area contributed by atoms with Crippen molar-refractivity contribution in [3.63, 3.8) is 0 Å². The van der Waals surface area contributed by atoms with Gasteiger partial charge in [0.25, 0.3) is 11.8 Å². The second-order valence-corrected chi connectivity index (χ2v) is 8.82. The zero-order valence-electron chi connectivity index (χ0n) is 21.7. The van der Waals surface area contributed by atoms with Crippen LogP contribution in [0.3, 0.4) is 0 Å². The molecule has 0 saturated heterocycles. The van der Waals surface area contributed by atoms with Crippen molar-refractivity contribution in [3.8, 4) is 0 Å². The number of carboxylic acid groups (broad SMARTS) is 1. The molecule has 1 aliphatic heterocycles. The van der Waals surface area contributed by atoms with Crippen LogP contribution >= 0.6 is 0 Å². The van der Waals surface area contributed by atoms with Crippen LogP contribution in [0, 0.1) is 0 Å². The molecule has 0 spiro atoms. The first-order valence-electron chi connectivity index (χ1n) is 12.2. The summed E-state index contributed by atoms with van der Waals surface area (Å²) in [6.07, 6.45) is 0.641. The van der Waals surface area contributed by atoms with E-state index >= 15 is 0 Å². The molecular weight excluding hydrogens is 512 g/mol. The summed E-state index contributed by atoms with van der Waals surface area (Å²) in [6, 6.07) is 2.21. The minimum absolute atomic E-state index is 0.110. The number of aliphatic carboxylic acids is 1. The molecule has 0 saturated carbocycles. The summed E-state index contributed by atoms with van der Waals surface area (Å²) in [7, 11) is 1.39. The highest BCUT2D eigenvalue weighted by atomic mass is 16.4. The molecule has 1 heterocycles. The van der Waals surface area contributed by atoms with Crippen LogP contribution in [0.2, 0.25) is 0 Å². The smallest absolute Gasteiger partial charge is 0.336 e. The maximum Gasteiger partial charge on any atom is 0.336 e. The molecule has 39 heavy (non-hydrogen) atoms. The van der Waals surface area contributed by atoms with Crippen molar-refractivity contribution in [1.82, 2.24) is 26.2 Å². The molecule has 0 unspecified atom stereocenters. The lowest BCUT2D eigenvalue weighted by Gasteiger charge is -2.30. The van der Waals surface area contributed by atoms with Crippen LogP contribution in [-0.4, -0.2) is 89.7 Å². The summed E-state index contributed by atoms with van der Waals surface area (Å²) in [6.45, 7) is 1.09. The molecule has 0 aromatic heterocycles. The zero-order chi connectivity index (χ0) is 29.1. The summed E-state index contributed by atoms with van der Waals surface area (Å²) in [5.74, 6) is -5.47. The SMILES string of the molecule is CC[C@H]1NC(=O)c2cccc(c2)CNC(=O)[C@H](C(=O)O)NC(=O)CNC(=O)[C@@H](CCCN=C(N)N)N(C)C1=O. The summed E-state index contributed by atoms with van der Waals surface area (Å²) in [4.78, 5) is 80.8. The second-order valence-electron chi connectivity index (χ2n) is 8.82. The van der Waals surface area contributed by atoms with Gasteiger partial charge in [-0.25, -0.2) is 4.79 Å². The molecule has 1 aliphatic rings. The van der Waals surface area contributed by atoms with Gasteiger partial charge < -0.3 is 42.7 Å². The highest BCUT2D eigenvalue weighted by Gasteiger charge is 2.32. The molecule has 2 rings (SSSR count). The predicted octanol–water partition coefficient (Wildman–Crippen LogP) is -2.61. The Morgan fingerprint density at radius 1 is 1.08 bits per heavy atom. The number of nitrogens with two attached hydrogens (primary N) is 2. The molecule has 1 aromatic rings. The summed E-state index contributed by atoms with van der Waals surface area (Å²) >= 11 is 0. The fourth-order valence-corrected chi connectivity index (χ4v) is 3.82. The van der Waals surface area contributed by atoms with Gasteiger partial charge >= 0.3 is 5.97 Å². The van der Waals surface area contributed by atoms with Crippen molar-refractivity contribution >= 4 is 41.5 Å². The number of rotatable bonds is 6. The number of nitrogens with zero attached hydrogens (tertiary/aromatic N) is 2. The number of likely N-dealkylation sites (N-methyl/N-ethyl adjacent to an activating group) is 1. The van der Waals surface area contributed by atoms with E-state index in [0.29, 0.717) is 12.0 Å². The molecule has 2 bridgehead atoms. The van der Waals surface area contributed by atoms with E-state index in [0.717, 1.165) is 0 Å². The number of hydrogen-bond donors (Lipinski definition) is 7. The Hall–Kier alpha value is -4.69. The first kappa shape index (κ1) is 30.5. The number of amides is 5. The van der Waals surface area contributed by atoms with Gasteiger partial charge in [0.15, 0.2) is 5.96 Å². The lowest BCUT2D eigenvalue weighted by Crippen LogP contribution is -2.56. The van der Waals surface area contributed by atoms with E-state index in [4.69, 9.17) is 11.5 Å². The quantitative estimate of drug-likeness (QED) is 0.0855. The number of benzene rings is 1. The summed E-state index contributed by atoms with van der Waals surface area (Å²) in [5, 5.41) is 18.9. The fourth-order valence-electron chi connectivity index (χ4n) is 3.82. The molecule has 15 nitrogen and oxygen atoms in total. The summed E-state index contributed by atoms with van der Waals surface area (Å²) in [5.41, 5.74) is 11.4. The number of aliphatic imine (C=N–C) groups is 1. The normalized spacial score (nSPS) is 21.4. The molecule has 0 aliphatic carbocycles. The Bertz CT molecular complexity index is 1140. The van der Waals surface area contributed by atoms with Gasteiger partial charge in [-0.1, -0.05) is 19.1 Å². The van der Waals surface area contributed by atoms with E-state index in [1.165, 1.54) is 24.1 Å². The van der Waals surface area contributed by atoms with Crippen molar-refractivity contribution in [2.75, 3.05) is 20.1 Å². The Kier molecular flexibility index (Phi) is 11.2. The zero-order valence-corrected chi connectivity index (χ0v) is 21.7. The van der Waals surface area contributed by atoms with Crippen molar-refractivity contribution in [1.29, 1.82) is 0 Å². The van der Waals surface area contributed by atoms with Crippen molar-refractivity contribution in [2.45, 2.75) is 50.9 Å². The minimum atomic E-state index is -1.93. The standard InChI is InChI=1S/C24H34N8O7/c1-3-15-22(37)32(2)16(8-5-9-27-24(25)26)20(35)29-12-17(33)31-18(23(38)39)21(36)28-11-13-6-4-7-14(10-13)19(34)30-15/h4,6-7,10,15-16,18H,3,5,8-9,11-12H2,1-2H3,(H,28,36)(H,29,35)(H,30,34)(H,31,33)(H,38,39)(H4,25,26,27)/t15-,16-,18-/m1/s1. The van der Waals surface area contributed by atoms with Gasteiger partial charge in [-0.3, -0.25) is 29.0 Å². The highest BCUT2D eigenvalue weighted by Crippen LogP contribution is 2.12. The minimum Gasteiger partial charge on any atom is -0.479 e. The number of nitrogens with one attached hydrogen (secondary N) is 4. The molecule has 3 atom stereocenters. The first-order chi connectivity index (χ1) is 18.4. The van der Waals surface area contributed by atoms with E-state index in [1.54, 1.807) is 19.1 Å². The number of carboxylic acids is 1. The lowest BCUT2D eigenvalue weighted by atomic mass is 10.1. The van der Waals surface area contributed by atoms with Gasteiger partial charge in [0.2, 0.25) is 23.8 Å². The van der Waals surface area contributed by atoms with Crippen LogP contribution in [0.5, 0.6) is 0 Å². The molecule has 0 radical (unpaired) electrons. The number of carbonyl (C=O) groups excluding carboxylic acids is 5. The molecule has 0 fully saturated rings. The van der Waals surface area contributed by atoms with Gasteiger partial charge in [0.1, 0.15) is 12.1 Å². The second kappa shape index (κ2) is 14.3. The number of guanidine groups is 1. The van der Waals surface area contributed by atoms with Gasteiger partial charge in [0.05, 0.1) is 6.54 Å². The van der Waals surface area contributed by atoms with Gasteiger partial charge in [-0.15, -0.1) is 0 Å². The first-order valence-corrected chi connectivity index (χ1v) is 12.2. The van der Waals surface area contributed by atoms with E-state index in [-0.39, 0.29) is 37.5 Å². The third-order valence-electron chi connectivity index (χ3n) is 5.95. The van der Waals surface area contributed by atoms with Crippen LogP contribution in [0.4, 0.5) is 0 Å². The molecule has 212 valence electrons. The Balaban J connectivity index is 2.40. The van der Waals surface area contributed by atoms with Crippen LogP contribution in [0.15, 0.2) is 29.3 Å². The third-order valence-corrected chi connectivity index (χ3v) is 5.95. The van der Waals surface area contributed by atoms with Crippen molar-refractivity contribution in [3.05, 3.63) is 35.4 Å². The van der Waals surface area contributed by atoms with E-state index in [1.807, 2.05) is 0 Å². The average molecular weight is 547 g/mol. The van der Waals surface area contributed by atoms with Gasteiger partial charge in [0, 0.05) is 25.7 Å². The summed E-state index contributed by atoms with van der Waals surface area (Å²) < 4.78 is 0. The number of fused-ring (bicyclic) bond motifs is 2.